The Balaban J connectivity index is 2.73. The molecule has 0 aliphatic heterocycles. The van der Waals surface area contributed by atoms with Gasteiger partial charge in [0.15, 0.2) is 0 Å². The summed E-state index contributed by atoms with van der Waals surface area (Å²) in [5.74, 6) is -4.14. The molecule has 0 unspecified atom stereocenters. The molecule has 0 heterocycles. The number of rotatable bonds is 7. The molecule has 0 bridgehead atoms. The fourth-order valence-electron chi connectivity index (χ4n) is 1.32. The van der Waals surface area contributed by atoms with Gasteiger partial charge in [-0.05, 0) is 24.3 Å². The van der Waals surface area contributed by atoms with E-state index in [1.165, 1.54) is 24.3 Å². The molecule has 0 spiro atoms. The van der Waals surface area contributed by atoms with Crippen LogP contribution < -0.4 is 10.0 Å². The summed E-state index contributed by atoms with van der Waals surface area (Å²) in [5, 5.41) is 2.13. The summed E-state index contributed by atoms with van der Waals surface area (Å²) in [5.41, 5.74) is 0.126. The number of sulfonamides is 1. The number of nitrogens with one attached hydrogen (secondary N) is 2. The Kier molecular flexibility index (Phi) is 5.35. The Labute approximate surface area is 114 Å². The highest BCUT2D eigenvalue weighted by molar-refractivity contribution is 7.89. The standard InChI is InChI=1S/C11H14F4N2O2S/c1-2-17-20(18,19)9-5-3-8(4-6-9)16-7-11(14,15)10(12)13/h3-6,10,16-17H,2,7H2,1H3. The van der Waals surface area contributed by atoms with Gasteiger partial charge in [-0.1, -0.05) is 6.92 Å². The van der Waals surface area contributed by atoms with Gasteiger partial charge in [0.2, 0.25) is 10.0 Å². The van der Waals surface area contributed by atoms with E-state index in [-0.39, 0.29) is 17.1 Å². The van der Waals surface area contributed by atoms with Gasteiger partial charge >= 0.3 is 12.3 Å². The van der Waals surface area contributed by atoms with Crippen molar-refractivity contribution in [2.24, 2.45) is 0 Å². The van der Waals surface area contributed by atoms with Crippen molar-refractivity contribution in [1.29, 1.82) is 0 Å². The van der Waals surface area contributed by atoms with Crippen LogP contribution in [-0.2, 0) is 10.0 Å². The predicted molar refractivity (Wildman–Crippen MR) is 66.7 cm³/mol. The van der Waals surface area contributed by atoms with Crippen molar-refractivity contribution in [3.63, 3.8) is 0 Å². The number of hydrogen-bond donors (Lipinski definition) is 2. The maximum Gasteiger partial charge on any atom is 0.324 e. The SMILES string of the molecule is CCNS(=O)(=O)c1ccc(NCC(F)(F)C(F)F)cc1. The second-order valence-electron chi connectivity index (χ2n) is 3.94. The molecule has 4 nitrogen and oxygen atoms in total. The van der Waals surface area contributed by atoms with Gasteiger partial charge in [0.05, 0.1) is 11.4 Å². The number of anilines is 1. The molecule has 1 aromatic rings. The third-order valence-electron chi connectivity index (χ3n) is 2.35. The largest absolute Gasteiger partial charge is 0.379 e. The molecule has 9 heteroatoms. The molecule has 1 rings (SSSR count). The summed E-state index contributed by atoms with van der Waals surface area (Å²) in [7, 11) is -3.63. The van der Waals surface area contributed by atoms with Gasteiger partial charge in [0, 0.05) is 12.2 Å². The number of benzene rings is 1. The minimum absolute atomic E-state index is 0.0366. The molecule has 114 valence electrons. The van der Waals surface area contributed by atoms with E-state index in [2.05, 4.69) is 10.0 Å². The van der Waals surface area contributed by atoms with Crippen molar-refractivity contribution in [3.8, 4) is 0 Å². The molecule has 0 aliphatic carbocycles. The molecule has 2 N–H and O–H groups in total. The Hall–Kier alpha value is -1.35. The fraction of sp³-hybridized carbons (Fsp3) is 0.455. The predicted octanol–water partition coefficient (Wildman–Crippen LogP) is 2.30. The zero-order chi connectivity index (χ0) is 15.4. The lowest BCUT2D eigenvalue weighted by molar-refractivity contribution is -0.117. The molecule has 0 saturated heterocycles. The molecule has 0 fully saturated rings. The smallest absolute Gasteiger partial charge is 0.324 e. The monoisotopic (exact) mass is 314 g/mol. The normalized spacial score (nSPS) is 12.7. The van der Waals surface area contributed by atoms with E-state index >= 15 is 0 Å². The van der Waals surface area contributed by atoms with Gasteiger partial charge in [-0.2, -0.15) is 8.78 Å². The fourth-order valence-corrected chi connectivity index (χ4v) is 2.36. The van der Waals surface area contributed by atoms with Crippen LogP contribution in [0.1, 0.15) is 6.92 Å². The van der Waals surface area contributed by atoms with Crippen molar-refractivity contribution in [2.45, 2.75) is 24.2 Å². The highest BCUT2D eigenvalue weighted by atomic mass is 32.2. The van der Waals surface area contributed by atoms with E-state index < -0.39 is 28.9 Å². The van der Waals surface area contributed by atoms with Crippen LogP contribution in [0, 0.1) is 0 Å². The van der Waals surface area contributed by atoms with E-state index in [0.717, 1.165) is 0 Å². The molecule has 1 aromatic carbocycles. The zero-order valence-corrected chi connectivity index (χ0v) is 11.4. The van der Waals surface area contributed by atoms with Crippen molar-refractivity contribution < 1.29 is 26.0 Å². The molecule has 0 saturated carbocycles. The van der Waals surface area contributed by atoms with Gasteiger partial charge in [-0.25, -0.2) is 21.9 Å². The van der Waals surface area contributed by atoms with Crippen LogP contribution in [0.25, 0.3) is 0 Å². The van der Waals surface area contributed by atoms with Crippen molar-refractivity contribution in [2.75, 3.05) is 18.4 Å². The average molecular weight is 314 g/mol. The summed E-state index contributed by atoms with van der Waals surface area (Å²) in [6, 6.07) is 4.85. The minimum atomic E-state index is -4.14. The van der Waals surface area contributed by atoms with E-state index in [0.29, 0.717) is 0 Å². The maximum absolute atomic E-state index is 12.7. The zero-order valence-electron chi connectivity index (χ0n) is 10.5. The van der Waals surface area contributed by atoms with E-state index in [1.54, 1.807) is 6.92 Å². The number of halogens is 4. The van der Waals surface area contributed by atoms with Crippen LogP contribution in [0.2, 0.25) is 0 Å². The second-order valence-corrected chi connectivity index (χ2v) is 5.71. The number of alkyl halides is 4. The first-order valence-corrected chi connectivity index (χ1v) is 7.17. The van der Waals surface area contributed by atoms with Crippen LogP contribution in [0.5, 0.6) is 0 Å². The highest BCUT2D eigenvalue weighted by Crippen LogP contribution is 2.23. The van der Waals surface area contributed by atoms with E-state index in [4.69, 9.17) is 0 Å². The van der Waals surface area contributed by atoms with Crippen LogP contribution in [0.15, 0.2) is 29.2 Å². The first-order valence-electron chi connectivity index (χ1n) is 5.68. The molecular weight excluding hydrogens is 300 g/mol. The van der Waals surface area contributed by atoms with E-state index in [1.807, 2.05) is 0 Å². The van der Waals surface area contributed by atoms with Crippen LogP contribution in [0.4, 0.5) is 23.2 Å². The minimum Gasteiger partial charge on any atom is -0.379 e. The average Bonchev–Trinajstić information content (AvgIpc) is 2.37. The van der Waals surface area contributed by atoms with Crippen molar-refractivity contribution >= 4 is 15.7 Å². The first kappa shape index (κ1) is 16.7. The summed E-state index contributed by atoms with van der Waals surface area (Å²) in [4.78, 5) is -0.0366. The van der Waals surface area contributed by atoms with Crippen LogP contribution >= 0.6 is 0 Å². The molecule has 0 amide bonds. The molecule has 0 aliphatic rings. The number of hydrogen-bond acceptors (Lipinski definition) is 3. The lowest BCUT2D eigenvalue weighted by atomic mass is 10.3. The van der Waals surface area contributed by atoms with E-state index in [9.17, 15) is 26.0 Å². The molecular formula is C11H14F4N2O2S. The first-order chi connectivity index (χ1) is 9.19. The van der Waals surface area contributed by atoms with Gasteiger partial charge < -0.3 is 5.32 Å². The molecule has 0 aromatic heterocycles. The van der Waals surface area contributed by atoms with Gasteiger partial charge in [-0.15, -0.1) is 0 Å². The molecule has 0 radical (unpaired) electrons. The molecule has 0 atom stereocenters. The summed E-state index contributed by atoms with van der Waals surface area (Å²) in [6.07, 6.45) is -3.76. The maximum atomic E-state index is 12.7. The third kappa shape index (κ3) is 4.34. The highest BCUT2D eigenvalue weighted by Gasteiger charge is 2.40. The van der Waals surface area contributed by atoms with Gasteiger partial charge in [-0.3, -0.25) is 0 Å². The van der Waals surface area contributed by atoms with Gasteiger partial charge in [0.1, 0.15) is 0 Å². The quantitative estimate of drug-likeness (QED) is 0.759. The Morgan fingerprint density at radius 2 is 1.75 bits per heavy atom. The van der Waals surface area contributed by atoms with Gasteiger partial charge in [0.25, 0.3) is 0 Å². The van der Waals surface area contributed by atoms with Crippen LogP contribution in [0.3, 0.4) is 0 Å². The van der Waals surface area contributed by atoms with Crippen molar-refractivity contribution in [3.05, 3.63) is 24.3 Å². The van der Waals surface area contributed by atoms with Crippen molar-refractivity contribution in [1.82, 2.24) is 4.72 Å². The summed E-state index contributed by atoms with van der Waals surface area (Å²) in [6.45, 7) is 0.590. The lowest BCUT2D eigenvalue weighted by Crippen LogP contribution is -2.34. The third-order valence-corrected chi connectivity index (χ3v) is 3.91. The Morgan fingerprint density at radius 1 is 1.20 bits per heavy atom. The topological polar surface area (TPSA) is 58.2 Å². The molecule has 20 heavy (non-hydrogen) atoms. The lowest BCUT2D eigenvalue weighted by Gasteiger charge is -2.16. The summed E-state index contributed by atoms with van der Waals surface area (Å²) < 4.78 is 74.7. The van der Waals surface area contributed by atoms with Crippen LogP contribution in [-0.4, -0.2) is 33.9 Å². The Morgan fingerprint density at radius 3 is 2.20 bits per heavy atom. The second kappa shape index (κ2) is 6.40. The Bertz CT molecular complexity index is 532. The summed E-state index contributed by atoms with van der Waals surface area (Å²) >= 11 is 0.